The van der Waals surface area contributed by atoms with Gasteiger partial charge >= 0.3 is 0 Å². The molecule has 0 aromatic heterocycles. The highest BCUT2D eigenvalue weighted by molar-refractivity contribution is 5.64. The molecule has 0 aromatic carbocycles. The van der Waals surface area contributed by atoms with Crippen molar-refractivity contribution in [3.05, 3.63) is 0 Å². The summed E-state index contributed by atoms with van der Waals surface area (Å²) in [4.78, 5) is 10.3. The average Bonchev–Trinajstić information content (AvgIpc) is 2.60. The highest BCUT2D eigenvalue weighted by Crippen LogP contribution is 2.09. The molecule has 25 heavy (non-hydrogen) atoms. The van der Waals surface area contributed by atoms with Crippen molar-refractivity contribution in [3.8, 4) is 23.7 Å². The highest BCUT2D eigenvalue weighted by atomic mass is 16.4. The van der Waals surface area contributed by atoms with Crippen LogP contribution in [0.2, 0.25) is 0 Å². The molecule has 2 nitrogen and oxygen atoms in total. The molecule has 0 radical (unpaired) electrons. The molecule has 0 bridgehead atoms. The summed E-state index contributed by atoms with van der Waals surface area (Å²) in [6, 6.07) is 0. The molecule has 0 fully saturated rings. The summed E-state index contributed by atoms with van der Waals surface area (Å²) >= 11 is 0. The molecule has 142 valence electrons. The van der Waals surface area contributed by atoms with Crippen LogP contribution in [0.4, 0.5) is 0 Å². The van der Waals surface area contributed by atoms with Crippen LogP contribution >= 0.6 is 0 Å². The first-order chi connectivity index (χ1) is 12.3. The zero-order valence-electron chi connectivity index (χ0n) is 16.3. The van der Waals surface area contributed by atoms with Crippen molar-refractivity contribution in [2.24, 2.45) is 0 Å². The Labute approximate surface area is 156 Å². The third kappa shape index (κ3) is 22.6. The van der Waals surface area contributed by atoms with Crippen molar-refractivity contribution in [2.45, 2.75) is 116 Å². The lowest BCUT2D eigenvalue weighted by molar-refractivity contribution is -0.305. The van der Waals surface area contributed by atoms with Crippen molar-refractivity contribution in [2.75, 3.05) is 0 Å². The summed E-state index contributed by atoms with van der Waals surface area (Å²) in [6.45, 7) is 2.26. The minimum Gasteiger partial charge on any atom is -0.550 e. The van der Waals surface area contributed by atoms with E-state index in [1.807, 2.05) is 0 Å². The van der Waals surface area contributed by atoms with E-state index in [4.69, 9.17) is 0 Å². The molecule has 0 amide bonds. The molecular weight excluding hydrogens is 308 g/mol. The van der Waals surface area contributed by atoms with Gasteiger partial charge in [0.2, 0.25) is 0 Å². The van der Waals surface area contributed by atoms with E-state index in [2.05, 4.69) is 30.6 Å². The van der Waals surface area contributed by atoms with E-state index in [9.17, 15) is 9.90 Å². The van der Waals surface area contributed by atoms with Crippen molar-refractivity contribution in [3.63, 3.8) is 0 Å². The van der Waals surface area contributed by atoms with E-state index in [1.54, 1.807) is 0 Å². The molecule has 0 heterocycles. The summed E-state index contributed by atoms with van der Waals surface area (Å²) < 4.78 is 0. The minimum absolute atomic E-state index is 0.198. The predicted molar refractivity (Wildman–Crippen MR) is 105 cm³/mol. The third-order valence-corrected chi connectivity index (χ3v) is 4.33. The maximum absolute atomic E-state index is 10.3. The third-order valence-electron chi connectivity index (χ3n) is 4.33. The van der Waals surface area contributed by atoms with Gasteiger partial charge in [0.15, 0.2) is 0 Å². The fraction of sp³-hybridized carbons (Fsp3) is 0.783. The number of carbonyl (C=O) groups is 1. The largest absolute Gasteiger partial charge is 0.550 e. The fourth-order valence-corrected chi connectivity index (χ4v) is 2.75. The molecule has 0 unspecified atom stereocenters. The van der Waals surface area contributed by atoms with Gasteiger partial charge in [-0.3, -0.25) is 0 Å². The molecule has 0 saturated carbocycles. The Morgan fingerprint density at radius 2 is 1.04 bits per heavy atom. The Morgan fingerprint density at radius 1 is 0.640 bits per heavy atom. The monoisotopic (exact) mass is 345 g/mol. The maximum atomic E-state index is 10.3. The van der Waals surface area contributed by atoms with Crippen LogP contribution in [0.1, 0.15) is 116 Å². The van der Waals surface area contributed by atoms with E-state index >= 15 is 0 Å². The van der Waals surface area contributed by atoms with Gasteiger partial charge in [0.05, 0.1) is 0 Å². The number of carboxylic acid groups (broad SMARTS) is 1. The molecule has 0 aromatic rings. The molecule has 0 aliphatic rings. The molecule has 0 saturated heterocycles. The van der Waals surface area contributed by atoms with E-state index in [0.29, 0.717) is 0 Å². The topological polar surface area (TPSA) is 40.1 Å². The summed E-state index contributed by atoms with van der Waals surface area (Å²) in [5.41, 5.74) is 0. The SMILES string of the molecule is CCCCCCCCCCC#CC#CCCCCCCCCC(=O)[O-]. The van der Waals surface area contributed by atoms with Crippen LogP contribution < -0.4 is 5.11 Å². The van der Waals surface area contributed by atoms with Gasteiger partial charge in [-0.05, 0) is 37.5 Å². The van der Waals surface area contributed by atoms with Crippen LogP contribution in [0.15, 0.2) is 0 Å². The Kier molecular flexibility index (Phi) is 19.5. The first kappa shape index (κ1) is 23.6. The van der Waals surface area contributed by atoms with E-state index in [-0.39, 0.29) is 6.42 Å². The average molecular weight is 346 g/mol. The Hall–Kier alpha value is -1.41. The molecule has 0 rings (SSSR count). The maximum Gasteiger partial charge on any atom is 0.0414 e. The summed E-state index contributed by atoms with van der Waals surface area (Å²) in [6.07, 6.45) is 19.1. The van der Waals surface area contributed by atoms with Crippen LogP contribution in [0.3, 0.4) is 0 Å². The lowest BCUT2D eigenvalue weighted by Crippen LogP contribution is -2.21. The van der Waals surface area contributed by atoms with Crippen LogP contribution in [0.5, 0.6) is 0 Å². The molecule has 0 aliphatic heterocycles. The van der Waals surface area contributed by atoms with Gasteiger partial charge in [-0.15, -0.1) is 0 Å². The first-order valence-electron chi connectivity index (χ1n) is 10.4. The number of carboxylic acids is 1. The van der Waals surface area contributed by atoms with Crippen molar-refractivity contribution in [1.82, 2.24) is 0 Å². The van der Waals surface area contributed by atoms with E-state index < -0.39 is 5.97 Å². The minimum atomic E-state index is -0.932. The normalized spacial score (nSPS) is 9.80. The van der Waals surface area contributed by atoms with Crippen LogP contribution in [-0.4, -0.2) is 5.97 Å². The number of unbranched alkanes of at least 4 members (excludes halogenated alkanes) is 14. The number of hydrogen-bond donors (Lipinski definition) is 0. The molecular formula is C23H37O2-. The second-order valence-electron chi connectivity index (χ2n) is 6.82. The molecule has 0 aliphatic carbocycles. The standard InChI is InChI=1S/C23H38O2/c1-2-3-4-5-6-7-8-9-10-11-12-13-14-15-16-17-18-19-20-21-22-23(24)25/h2-10,15-22H2,1H3,(H,24,25)/p-1. The van der Waals surface area contributed by atoms with Crippen molar-refractivity contribution < 1.29 is 9.90 Å². The van der Waals surface area contributed by atoms with Crippen molar-refractivity contribution in [1.29, 1.82) is 0 Å². The quantitative estimate of drug-likeness (QED) is 0.278. The smallest absolute Gasteiger partial charge is 0.0414 e. The summed E-state index contributed by atoms with van der Waals surface area (Å²) in [5.74, 6) is 11.3. The highest BCUT2D eigenvalue weighted by Gasteiger charge is 1.92. The zero-order valence-corrected chi connectivity index (χ0v) is 16.3. The second-order valence-corrected chi connectivity index (χ2v) is 6.82. The van der Waals surface area contributed by atoms with Gasteiger partial charge in [-0.25, -0.2) is 0 Å². The number of hydrogen-bond acceptors (Lipinski definition) is 2. The van der Waals surface area contributed by atoms with Gasteiger partial charge in [0, 0.05) is 18.8 Å². The number of aliphatic carboxylic acids is 1. The summed E-state index contributed by atoms with van der Waals surface area (Å²) in [7, 11) is 0. The van der Waals surface area contributed by atoms with Crippen molar-refractivity contribution >= 4 is 5.97 Å². The van der Waals surface area contributed by atoms with Gasteiger partial charge in [-0.2, -0.15) is 0 Å². The van der Waals surface area contributed by atoms with Gasteiger partial charge in [0.25, 0.3) is 0 Å². The zero-order chi connectivity index (χ0) is 18.4. The Morgan fingerprint density at radius 3 is 1.48 bits per heavy atom. The second kappa shape index (κ2) is 20.6. The fourth-order valence-electron chi connectivity index (χ4n) is 2.75. The Balaban J connectivity index is 3.26. The molecule has 0 spiro atoms. The predicted octanol–water partition coefficient (Wildman–Crippen LogP) is 5.39. The van der Waals surface area contributed by atoms with Gasteiger partial charge in [-0.1, -0.05) is 89.4 Å². The van der Waals surface area contributed by atoms with Crippen LogP contribution in [-0.2, 0) is 4.79 Å². The van der Waals surface area contributed by atoms with Gasteiger partial charge < -0.3 is 9.90 Å². The lowest BCUT2D eigenvalue weighted by Gasteiger charge is -2.01. The first-order valence-corrected chi connectivity index (χ1v) is 10.4. The van der Waals surface area contributed by atoms with E-state index in [0.717, 1.165) is 38.5 Å². The number of carbonyl (C=O) groups excluding carboxylic acids is 1. The Bertz CT molecular complexity index is 417. The van der Waals surface area contributed by atoms with Gasteiger partial charge in [0.1, 0.15) is 0 Å². The van der Waals surface area contributed by atoms with Crippen LogP contribution in [0.25, 0.3) is 0 Å². The van der Waals surface area contributed by atoms with Crippen LogP contribution in [0, 0.1) is 23.7 Å². The number of rotatable bonds is 16. The lowest BCUT2D eigenvalue weighted by atomic mass is 10.1. The molecule has 2 heteroatoms. The molecule has 0 N–H and O–H groups in total. The molecule has 0 atom stereocenters. The van der Waals surface area contributed by atoms with E-state index in [1.165, 1.54) is 64.2 Å². The summed E-state index contributed by atoms with van der Waals surface area (Å²) in [5, 5.41) is 10.3.